The summed E-state index contributed by atoms with van der Waals surface area (Å²) in [5.41, 5.74) is 1.02. The number of rotatable bonds is 6. The number of amides is 2. The Labute approximate surface area is 132 Å². The van der Waals surface area contributed by atoms with Crippen LogP contribution in [0.2, 0.25) is 0 Å². The van der Waals surface area contributed by atoms with Crippen LogP contribution in [0, 0.1) is 5.92 Å². The van der Waals surface area contributed by atoms with Crippen LogP contribution in [0.4, 0.5) is 4.79 Å². The highest BCUT2D eigenvalue weighted by atomic mass is 16.5. The van der Waals surface area contributed by atoms with E-state index in [2.05, 4.69) is 12.2 Å². The van der Waals surface area contributed by atoms with Crippen LogP contribution in [0.25, 0.3) is 0 Å². The highest BCUT2D eigenvalue weighted by Crippen LogP contribution is 2.19. The molecule has 0 radical (unpaired) electrons. The molecule has 0 aliphatic carbocycles. The predicted molar refractivity (Wildman–Crippen MR) is 85.8 cm³/mol. The van der Waals surface area contributed by atoms with Crippen LogP contribution in [0.15, 0.2) is 24.3 Å². The number of nitrogens with zero attached hydrogens (tertiary/aromatic N) is 1. The molecule has 0 bridgehead atoms. The van der Waals surface area contributed by atoms with Gasteiger partial charge in [-0.2, -0.15) is 0 Å². The van der Waals surface area contributed by atoms with Crippen molar-refractivity contribution in [3.8, 4) is 5.75 Å². The Morgan fingerprint density at radius 2 is 2.36 bits per heavy atom. The summed E-state index contributed by atoms with van der Waals surface area (Å²) >= 11 is 0. The van der Waals surface area contributed by atoms with Gasteiger partial charge in [0.2, 0.25) is 0 Å². The van der Waals surface area contributed by atoms with Gasteiger partial charge in [0.25, 0.3) is 0 Å². The van der Waals surface area contributed by atoms with Gasteiger partial charge in [0, 0.05) is 25.6 Å². The number of aliphatic hydroxyl groups is 1. The Bertz CT molecular complexity index is 491. The summed E-state index contributed by atoms with van der Waals surface area (Å²) in [5.74, 6) is 1.03. The van der Waals surface area contributed by atoms with Crippen molar-refractivity contribution in [3.63, 3.8) is 0 Å². The lowest BCUT2D eigenvalue weighted by Crippen LogP contribution is -2.38. The van der Waals surface area contributed by atoms with E-state index in [9.17, 15) is 9.90 Å². The van der Waals surface area contributed by atoms with Crippen LogP contribution in [0.3, 0.4) is 0 Å². The third kappa shape index (κ3) is 4.63. The summed E-state index contributed by atoms with van der Waals surface area (Å²) in [6.45, 7) is 6.38. The van der Waals surface area contributed by atoms with Gasteiger partial charge in [-0.05, 0) is 37.5 Å². The molecule has 1 aliphatic heterocycles. The number of nitrogens with one attached hydrogen (secondary N) is 1. The van der Waals surface area contributed by atoms with Gasteiger partial charge in [-0.3, -0.25) is 0 Å². The zero-order valence-electron chi connectivity index (χ0n) is 13.4. The first-order chi connectivity index (χ1) is 10.6. The SMILES string of the molecule is CCCOc1cccc(CNC(=O)N2CC[C@@H]([C@H](C)O)C2)c1. The first-order valence-electron chi connectivity index (χ1n) is 8.02. The average Bonchev–Trinajstić information content (AvgIpc) is 3.01. The van der Waals surface area contributed by atoms with Crippen molar-refractivity contribution in [2.45, 2.75) is 39.3 Å². The van der Waals surface area contributed by atoms with E-state index < -0.39 is 0 Å². The lowest BCUT2D eigenvalue weighted by atomic mass is 10.0. The monoisotopic (exact) mass is 306 g/mol. The van der Waals surface area contributed by atoms with E-state index in [1.165, 1.54) is 0 Å². The second kappa shape index (κ2) is 8.03. The maximum Gasteiger partial charge on any atom is 0.317 e. The molecule has 1 aromatic rings. The zero-order chi connectivity index (χ0) is 15.9. The minimum Gasteiger partial charge on any atom is -0.494 e. The Balaban J connectivity index is 1.81. The van der Waals surface area contributed by atoms with Gasteiger partial charge < -0.3 is 20.1 Å². The molecule has 2 atom stereocenters. The van der Waals surface area contributed by atoms with Gasteiger partial charge in [0.05, 0.1) is 12.7 Å². The first-order valence-corrected chi connectivity index (χ1v) is 8.02. The Kier molecular flexibility index (Phi) is 6.07. The third-order valence-corrected chi connectivity index (χ3v) is 4.01. The number of urea groups is 1. The third-order valence-electron chi connectivity index (χ3n) is 4.01. The number of likely N-dealkylation sites (tertiary alicyclic amines) is 1. The van der Waals surface area contributed by atoms with Crippen molar-refractivity contribution >= 4 is 6.03 Å². The molecule has 1 aromatic carbocycles. The molecule has 1 saturated heterocycles. The molecule has 1 heterocycles. The van der Waals surface area contributed by atoms with E-state index in [4.69, 9.17) is 4.74 Å². The van der Waals surface area contributed by atoms with E-state index in [1.54, 1.807) is 11.8 Å². The van der Waals surface area contributed by atoms with Crippen LogP contribution >= 0.6 is 0 Å². The first kappa shape index (κ1) is 16.6. The molecule has 0 saturated carbocycles. The molecule has 2 amide bonds. The number of benzene rings is 1. The number of hydrogen-bond acceptors (Lipinski definition) is 3. The lowest BCUT2D eigenvalue weighted by Gasteiger charge is -2.18. The van der Waals surface area contributed by atoms with Crippen LogP contribution < -0.4 is 10.1 Å². The molecule has 5 nitrogen and oxygen atoms in total. The summed E-state index contributed by atoms with van der Waals surface area (Å²) in [4.78, 5) is 13.9. The van der Waals surface area contributed by atoms with Crippen molar-refractivity contribution < 1.29 is 14.6 Å². The fraction of sp³-hybridized carbons (Fsp3) is 0.588. The van der Waals surface area contributed by atoms with Gasteiger partial charge in [-0.1, -0.05) is 19.1 Å². The Hall–Kier alpha value is -1.75. The maximum atomic E-state index is 12.1. The topological polar surface area (TPSA) is 61.8 Å². The molecule has 0 spiro atoms. The largest absolute Gasteiger partial charge is 0.494 e. The van der Waals surface area contributed by atoms with Gasteiger partial charge >= 0.3 is 6.03 Å². The second-order valence-corrected chi connectivity index (χ2v) is 5.89. The molecule has 2 rings (SSSR count). The molecule has 5 heteroatoms. The molecule has 1 fully saturated rings. The smallest absolute Gasteiger partial charge is 0.317 e. The van der Waals surface area contributed by atoms with Crippen LogP contribution in [-0.2, 0) is 6.54 Å². The molecule has 122 valence electrons. The molecule has 0 unspecified atom stereocenters. The number of ether oxygens (including phenoxy) is 1. The summed E-state index contributed by atoms with van der Waals surface area (Å²) in [7, 11) is 0. The normalized spacial score (nSPS) is 19.0. The highest BCUT2D eigenvalue weighted by Gasteiger charge is 2.28. The van der Waals surface area contributed by atoms with Crippen molar-refractivity contribution in [1.29, 1.82) is 0 Å². The Morgan fingerprint density at radius 3 is 3.05 bits per heavy atom. The fourth-order valence-electron chi connectivity index (χ4n) is 2.62. The highest BCUT2D eigenvalue weighted by molar-refractivity contribution is 5.74. The summed E-state index contributed by atoms with van der Waals surface area (Å²) in [6, 6.07) is 7.73. The number of carbonyl (C=O) groups excluding carboxylic acids is 1. The lowest BCUT2D eigenvalue weighted by molar-refractivity contribution is 0.129. The molecule has 1 aliphatic rings. The van der Waals surface area contributed by atoms with E-state index in [0.717, 1.165) is 24.2 Å². The average molecular weight is 306 g/mol. The molecule has 22 heavy (non-hydrogen) atoms. The molecule has 2 N–H and O–H groups in total. The summed E-state index contributed by atoms with van der Waals surface area (Å²) < 4.78 is 5.59. The van der Waals surface area contributed by atoms with Crippen LogP contribution in [-0.4, -0.2) is 41.8 Å². The van der Waals surface area contributed by atoms with Gasteiger partial charge in [0.1, 0.15) is 5.75 Å². The minimum absolute atomic E-state index is 0.0666. The fourth-order valence-corrected chi connectivity index (χ4v) is 2.62. The number of carbonyl (C=O) groups is 1. The maximum absolute atomic E-state index is 12.1. The summed E-state index contributed by atoms with van der Waals surface area (Å²) in [5, 5.41) is 12.5. The van der Waals surface area contributed by atoms with E-state index in [0.29, 0.717) is 26.2 Å². The van der Waals surface area contributed by atoms with E-state index in [-0.39, 0.29) is 18.1 Å². The standard InChI is InChI=1S/C17H26N2O3/c1-3-9-22-16-6-4-5-14(10-16)11-18-17(21)19-8-7-15(12-19)13(2)20/h4-6,10,13,15,20H,3,7-9,11-12H2,1-2H3,(H,18,21)/t13-,15+/m0/s1. The minimum atomic E-state index is -0.356. The van der Waals surface area contributed by atoms with Crippen molar-refractivity contribution in [1.82, 2.24) is 10.2 Å². The number of hydrogen-bond donors (Lipinski definition) is 2. The Morgan fingerprint density at radius 1 is 1.55 bits per heavy atom. The van der Waals surface area contributed by atoms with Gasteiger partial charge in [-0.25, -0.2) is 4.79 Å². The second-order valence-electron chi connectivity index (χ2n) is 5.89. The van der Waals surface area contributed by atoms with Crippen LogP contribution in [0.1, 0.15) is 32.3 Å². The van der Waals surface area contributed by atoms with E-state index >= 15 is 0 Å². The molecular weight excluding hydrogens is 280 g/mol. The molecular formula is C17H26N2O3. The van der Waals surface area contributed by atoms with Crippen molar-refractivity contribution in [2.24, 2.45) is 5.92 Å². The number of aliphatic hydroxyl groups excluding tert-OH is 1. The van der Waals surface area contributed by atoms with Crippen molar-refractivity contribution in [3.05, 3.63) is 29.8 Å². The predicted octanol–water partition coefficient (Wildman–Crippen LogP) is 2.39. The summed E-state index contributed by atoms with van der Waals surface area (Å²) in [6.07, 6.45) is 1.48. The quantitative estimate of drug-likeness (QED) is 0.848. The van der Waals surface area contributed by atoms with Gasteiger partial charge in [-0.15, -0.1) is 0 Å². The van der Waals surface area contributed by atoms with E-state index in [1.807, 2.05) is 24.3 Å². The molecule has 0 aromatic heterocycles. The zero-order valence-corrected chi connectivity index (χ0v) is 13.4. The van der Waals surface area contributed by atoms with Crippen LogP contribution in [0.5, 0.6) is 5.75 Å². The van der Waals surface area contributed by atoms with Crippen molar-refractivity contribution in [2.75, 3.05) is 19.7 Å². The van der Waals surface area contributed by atoms with Gasteiger partial charge in [0.15, 0.2) is 0 Å².